The number of nitrogens with two attached hydrogens (primary N) is 1. The van der Waals surface area contributed by atoms with Crippen molar-refractivity contribution in [2.24, 2.45) is 5.73 Å². The van der Waals surface area contributed by atoms with Crippen molar-refractivity contribution in [3.8, 4) is 0 Å². The molecule has 1 aromatic rings. The third kappa shape index (κ3) is 4.20. The molecule has 0 unspecified atom stereocenters. The van der Waals surface area contributed by atoms with E-state index >= 15 is 0 Å². The minimum absolute atomic E-state index is 0.0867. The highest BCUT2D eigenvalue weighted by molar-refractivity contribution is 7.80. The first-order chi connectivity index (χ1) is 8.04. The van der Waals surface area contributed by atoms with Crippen LogP contribution < -0.4 is 16.4 Å². The summed E-state index contributed by atoms with van der Waals surface area (Å²) in [5, 5.41) is 6.20. The number of hydrogen-bond donors (Lipinski definition) is 3. The smallest absolute Gasteiger partial charge is 0.239 e. The molecule has 1 rings (SSSR count). The van der Waals surface area contributed by atoms with Crippen molar-refractivity contribution in [3.63, 3.8) is 0 Å². The Labute approximate surface area is 111 Å². The maximum Gasteiger partial charge on any atom is 0.239 e. The third-order valence-corrected chi connectivity index (χ3v) is 2.52. The number of benzene rings is 1. The van der Waals surface area contributed by atoms with Gasteiger partial charge in [0.05, 0.1) is 6.54 Å². The van der Waals surface area contributed by atoms with Gasteiger partial charge in [0.2, 0.25) is 5.91 Å². The molecular formula is C11H14ClN3OS. The average Bonchev–Trinajstić information content (AvgIpc) is 2.27. The van der Waals surface area contributed by atoms with E-state index in [1.165, 1.54) is 0 Å². The monoisotopic (exact) mass is 271 g/mol. The van der Waals surface area contributed by atoms with Gasteiger partial charge in [0.25, 0.3) is 0 Å². The molecule has 0 aliphatic carbocycles. The Bertz CT molecular complexity index is 437. The number of halogens is 1. The van der Waals surface area contributed by atoms with Gasteiger partial charge in [-0.3, -0.25) is 4.79 Å². The SMILES string of the molecule is CCNC(=O)CNc1ccc(Cl)cc1C(N)=S. The lowest BCUT2D eigenvalue weighted by Crippen LogP contribution is -2.30. The number of thiocarbonyl (C=S) groups is 1. The van der Waals surface area contributed by atoms with Crippen LogP contribution in [0.15, 0.2) is 18.2 Å². The number of amides is 1. The Hall–Kier alpha value is -1.33. The van der Waals surface area contributed by atoms with Crippen LogP contribution in [-0.2, 0) is 4.79 Å². The lowest BCUT2D eigenvalue weighted by molar-refractivity contribution is -0.119. The molecule has 4 N–H and O–H groups in total. The zero-order chi connectivity index (χ0) is 12.8. The van der Waals surface area contributed by atoms with Gasteiger partial charge in [0.15, 0.2) is 0 Å². The van der Waals surface area contributed by atoms with Crippen LogP contribution >= 0.6 is 23.8 Å². The number of nitrogens with one attached hydrogen (secondary N) is 2. The van der Waals surface area contributed by atoms with Crippen LogP contribution in [-0.4, -0.2) is 24.0 Å². The molecule has 0 bridgehead atoms. The Kier molecular flexibility index (Phi) is 5.18. The van der Waals surface area contributed by atoms with Gasteiger partial charge in [-0.1, -0.05) is 23.8 Å². The standard InChI is InChI=1S/C11H14ClN3OS/c1-2-14-10(16)6-15-9-4-3-7(12)5-8(9)11(13)17/h3-5,15H,2,6H2,1H3,(H2,13,17)(H,14,16). The molecule has 1 aromatic carbocycles. The normalized spacial score (nSPS) is 9.76. The summed E-state index contributed by atoms with van der Waals surface area (Å²) in [5.41, 5.74) is 6.92. The van der Waals surface area contributed by atoms with E-state index in [1.54, 1.807) is 18.2 Å². The van der Waals surface area contributed by atoms with Gasteiger partial charge < -0.3 is 16.4 Å². The fourth-order valence-corrected chi connectivity index (χ4v) is 1.65. The molecule has 6 heteroatoms. The van der Waals surface area contributed by atoms with E-state index in [4.69, 9.17) is 29.6 Å². The van der Waals surface area contributed by atoms with Gasteiger partial charge in [-0.05, 0) is 25.1 Å². The minimum atomic E-state index is -0.0867. The molecular weight excluding hydrogens is 258 g/mol. The number of likely N-dealkylation sites (N-methyl/N-ethyl adjacent to an activating group) is 1. The fourth-order valence-electron chi connectivity index (χ4n) is 1.31. The molecule has 1 amide bonds. The highest BCUT2D eigenvalue weighted by atomic mass is 35.5. The van der Waals surface area contributed by atoms with Crippen LogP contribution in [0.4, 0.5) is 5.69 Å². The highest BCUT2D eigenvalue weighted by Gasteiger charge is 2.07. The minimum Gasteiger partial charge on any atom is -0.389 e. The summed E-state index contributed by atoms with van der Waals surface area (Å²) in [5.74, 6) is -0.0867. The van der Waals surface area contributed by atoms with Gasteiger partial charge in [0.1, 0.15) is 4.99 Å². The lowest BCUT2D eigenvalue weighted by atomic mass is 10.2. The quantitative estimate of drug-likeness (QED) is 0.711. The van der Waals surface area contributed by atoms with E-state index in [1.807, 2.05) is 6.92 Å². The van der Waals surface area contributed by atoms with E-state index in [9.17, 15) is 4.79 Å². The molecule has 0 aliphatic heterocycles. The summed E-state index contributed by atoms with van der Waals surface area (Å²) in [4.78, 5) is 11.5. The first kappa shape index (κ1) is 13.7. The van der Waals surface area contributed by atoms with E-state index in [-0.39, 0.29) is 17.4 Å². The van der Waals surface area contributed by atoms with Crippen LogP contribution in [0.3, 0.4) is 0 Å². The van der Waals surface area contributed by atoms with Crippen LogP contribution in [0, 0.1) is 0 Å². The van der Waals surface area contributed by atoms with Crippen LogP contribution in [0.25, 0.3) is 0 Å². The number of hydrogen-bond acceptors (Lipinski definition) is 3. The molecule has 0 spiro atoms. The predicted octanol–water partition coefficient (Wildman–Crippen LogP) is 1.52. The molecule has 0 radical (unpaired) electrons. The summed E-state index contributed by atoms with van der Waals surface area (Å²) in [7, 11) is 0. The Morgan fingerprint density at radius 2 is 2.24 bits per heavy atom. The molecule has 0 saturated heterocycles. The summed E-state index contributed by atoms with van der Waals surface area (Å²) < 4.78 is 0. The second kappa shape index (κ2) is 6.42. The third-order valence-electron chi connectivity index (χ3n) is 2.06. The zero-order valence-corrected chi connectivity index (χ0v) is 11.0. The van der Waals surface area contributed by atoms with Crippen molar-refractivity contribution in [1.29, 1.82) is 0 Å². The van der Waals surface area contributed by atoms with Gasteiger partial charge in [-0.2, -0.15) is 0 Å². The highest BCUT2D eigenvalue weighted by Crippen LogP contribution is 2.20. The maximum absolute atomic E-state index is 11.3. The van der Waals surface area contributed by atoms with Gasteiger partial charge in [0, 0.05) is 22.8 Å². The first-order valence-corrected chi connectivity index (χ1v) is 5.93. The summed E-state index contributed by atoms with van der Waals surface area (Å²) in [6.45, 7) is 2.63. The van der Waals surface area contributed by atoms with E-state index in [2.05, 4.69) is 10.6 Å². The summed E-state index contributed by atoms with van der Waals surface area (Å²) in [6, 6.07) is 5.13. The molecule has 0 aliphatic rings. The Balaban J connectivity index is 2.77. The molecule has 0 heterocycles. The second-order valence-electron chi connectivity index (χ2n) is 3.36. The van der Waals surface area contributed by atoms with Crippen molar-refractivity contribution >= 4 is 40.4 Å². The second-order valence-corrected chi connectivity index (χ2v) is 4.24. The van der Waals surface area contributed by atoms with Gasteiger partial charge >= 0.3 is 0 Å². The van der Waals surface area contributed by atoms with Gasteiger partial charge in [-0.25, -0.2) is 0 Å². The Morgan fingerprint density at radius 1 is 1.53 bits per heavy atom. The van der Waals surface area contributed by atoms with E-state index < -0.39 is 0 Å². The largest absolute Gasteiger partial charge is 0.389 e. The molecule has 0 atom stereocenters. The van der Waals surface area contributed by atoms with Crippen LogP contribution in [0.2, 0.25) is 5.02 Å². The van der Waals surface area contributed by atoms with E-state index in [0.717, 1.165) is 0 Å². The summed E-state index contributed by atoms with van der Waals surface area (Å²) >= 11 is 10.8. The zero-order valence-electron chi connectivity index (χ0n) is 9.42. The number of carbonyl (C=O) groups excluding carboxylic acids is 1. The topological polar surface area (TPSA) is 67.2 Å². The maximum atomic E-state index is 11.3. The molecule has 0 aromatic heterocycles. The lowest BCUT2D eigenvalue weighted by Gasteiger charge is -2.11. The fraction of sp³-hybridized carbons (Fsp3) is 0.273. The predicted molar refractivity (Wildman–Crippen MR) is 74.5 cm³/mol. The van der Waals surface area contributed by atoms with Crippen molar-refractivity contribution in [2.45, 2.75) is 6.92 Å². The Morgan fingerprint density at radius 3 is 2.82 bits per heavy atom. The van der Waals surface area contributed by atoms with Gasteiger partial charge in [-0.15, -0.1) is 0 Å². The van der Waals surface area contributed by atoms with Crippen molar-refractivity contribution < 1.29 is 4.79 Å². The number of carbonyl (C=O) groups is 1. The van der Waals surface area contributed by atoms with Crippen molar-refractivity contribution in [3.05, 3.63) is 28.8 Å². The molecule has 4 nitrogen and oxygen atoms in total. The number of rotatable bonds is 5. The first-order valence-electron chi connectivity index (χ1n) is 5.14. The number of anilines is 1. The van der Waals surface area contributed by atoms with Crippen molar-refractivity contribution in [1.82, 2.24) is 5.32 Å². The summed E-state index contributed by atoms with van der Waals surface area (Å²) in [6.07, 6.45) is 0. The van der Waals surface area contributed by atoms with Crippen LogP contribution in [0.1, 0.15) is 12.5 Å². The average molecular weight is 272 g/mol. The van der Waals surface area contributed by atoms with Crippen molar-refractivity contribution in [2.75, 3.05) is 18.4 Å². The van der Waals surface area contributed by atoms with E-state index in [0.29, 0.717) is 22.8 Å². The molecule has 0 saturated carbocycles. The molecule has 17 heavy (non-hydrogen) atoms. The molecule has 92 valence electrons. The molecule has 0 fully saturated rings. The van der Waals surface area contributed by atoms with Crippen LogP contribution in [0.5, 0.6) is 0 Å².